The number of carbonyl (C=O) groups excluding carboxylic acids is 1. The minimum atomic E-state index is -3.13. The molecule has 0 atom stereocenters. The van der Waals surface area contributed by atoms with Crippen molar-refractivity contribution in [2.75, 3.05) is 66.9 Å². The Hall–Kier alpha value is -2.30. The number of piperazine rings is 1. The van der Waals surface area contributed by atoms with Crippen LogP contribution in [-0.4, -0.2) is 90.4 Å². The van der Waals surface area contributed by atoms with Gasteiger partial charge in [-0.3, -0.25) is 9.69 Å². The molecule has 1 aromatic carbocycles. The van der Waals surface area contributed by atoms with Crippen LogP contribution in [-0.2, 0) is 14.8 Å². The Morgan fingerprint density at radius 3 is 2.14 bits per heavy atom. The van der Waals surface area contributed by atoms with Gasteiger partial charge in [0.15, 0.2) is 11.5 Å². The summed E-state index contributed by atoms with van der Waals surface area (Å²) >= 11 is 0. The van der Waals surface area contributed by atoms with Crippen LogP contribution in [0.5, 0.6) is 17.2 Å². The first-order chi connectivity index (χ1) is 13.8. The molecule has 1 amide bonds. The van der Waals surface area contributed by atoms with E-state index >= 15 is 0 Å². The smallest absolute Gasteiger partial charge is 0.244 e. The molecule has 0 unspecified atom stereocenters. The van der Waals surface area contributed by atoms with Crippen LogP contribution in [0.3, 0.4) is 0 Å². The molecule has 0 radical (unpaired) electrons. The number of hydrogen-bond acceptors (Lipinski definition) is 7. The Morgan fingerprint density at radius 1 is 1.07 bits per heavy atom. The van der Waals surface area contributed by atoms with Crippen molar-refractivity contribution in [1.29, 1.82) is 0 Å². The highest BCUT2D eigenvalue weighted by Gasteiger charge is 2.22. The van der Waals surface area contributed by atoms with E-state index in [0.717, 1.165) is 5.56 Å². The fourth-order valence-electron chi connectivity index (χ4n) is 3.05. The summed E-state index contributed by atoms with van der Waals surface area (Å²) in [6.45, 7) is 3.43. The molecule has 1 aliphatic heterocycles. The molecule has 0 spiro atoms. The molecule has 0 bridgehead atoms. The van der Waals surface area contributed by atoms with Gasteiger partial charge in [0.05, 0.1) is 27.6 Å². The molecule has 1 heterocycles. The predicted octanol–water partition coefficient (Wildman–Crippen LogP) is 0.419. The van der Waals surface area contributed by atoms with E-state index in [1.165, 1.54) is 38.0 Å². The predicted molar refractivity (Wildman–Crippen MR) is 111 cm³/mol. The van der Waals surface area contributed by atoms with Crippen LogP contribution in [0.4, 0.5) is 0 Å². The lowest BCUT2D eigenvalue weighted by Crippen LogP contribution is -2.49. The summed E-state index contributed by atoms with van der Waals surface area (Å²) in [5.74, 6) is 1.31. The lowest BCUT2D eigenvalue weighted by atomic mass is 10.1. The average Bonchev–Trinajstić information content (AvgIpc) is 2.71. The second kappa shape index (κ2) is 10.5. The van der Waals surface area contributed by atoms with Crippen molar-refractivity contribution in [3.05, 3.63) is 23.8 Å². The van der Waals surface area contributed by atoms with E-state index in [-0.39, 0.29) is 5.91 Å². The first-order valence-electron chi connectivity index (χ1n) is 9.22. The number of nitrogens with zero attached hydrogens (tertiary/aromatic N) is 2. The van der Waals surface area contributed by atoms with Crippen molar-refractivity contribution in [2.45, 2.75) is 0 Å². The normalized spacial score (nSPS) is 16.0. The molecule has 1 fully saturated rings. The van der Waals surface area contributed by atoms with E-state index in [9.17, 15) is 13.2 Å². The van der Waals surface area contributed by atoms with Crippen LogP contribution in [0, 0.1) is 0 Å². The molecule has 9 nitrogen and oxygen atoms in total. The summed E-state index contributed by atoms with van der Waals surface area (Å²) in [6, 6.07) is 3.51. The molecule has 1 N–H and O–H groups in total. The zero-order valence-electron chi connectivity index (χ0n) is 17.3. The largest absolute Gasteiger partial charge is 0.493 e. The highest BCUT2D eigenvalue weighted by atomic mass is 32.2. The summed E-state index contributed by atoms with van der Waals surface area (Å²) in [5, 5.41) is 2.83. The van der Waals surface area contributed by atoms with Crippen molar-refractivity contribution in [3.63, 3.8) is 0 Å². The van der Waals surface area contributed by atoms with E-state index in [0.29, 0.717) is 56.5 Å². The number of carbonyl (C=O) groups is 1. The maximum absolute atomic E-state index is 12.1. The minimum absolute atomic E-state index is 0.214. The number of methoxy groups -OCH3 is 3. The molecule has 0 aromatic heterocycles. The van der Waals surface area contributed by atoms with E-state index in [1.54, 1.807) is 18.2 Å². The van der Waals surface area contributed by atoms with Gasteiger partial charge in [0, 0.05) is 45.3 Å². The number of hydrogen-bond donors (Lipinski definition) is 1. The zero-order valence-corrected chi connectivity index (χ0v) is 18.1. The monoisotopic (exact) mass is 427 g/mol. The quantitative estimate of drug-likeness (QED) is 0.571. The van der Waals surface area contributed by atoms with Crippen LogP contribution >= 0.6 is 0 Å². The van der Waals surface area contributed by atoms with Crippen LogP contribution in [0.2, 0.25) is 0 Å². The fourth-order valence-corrected chi connectivity index (χ4v) is 3.88. The van der Waals surface area contributed by atoms with Crippen LogP contribution in [0.1, 0.15) is 5.56 Å². The van der Waals surface area contributed by atoms with Gasteiger partial charge in [-0.05, 0) is 23.8 Å². The molecule has 1 aliphatic rings. The second-order valence-corrected chi connectivity index (χ2v) is 8.57. The molecule has 29 heavy (non-hydrogen) atoms. The highest BCUT2D eigenvalue weighted by molar-refractivity contribution is 7.88. The van der Waals surface area contributed by atoms with Gasteiger partial charge in [-0.2, -0.15) is 4.31 Å². The maximum Gasteiger partial charge on any atom is 0.244 e. The van der Waals surface area contributed by atoms with Gasteiger partial charge in [-0.15, -0.1) is 0 Å². The Bertz CT molecular complexity index is 807. The summed E-state index contributed by atoms with van der Waals surface area (Å²) in [7, 11) is 1.47. The summed E-state index contributed by atoms with van der Waals surface area (Å²) in [4.78, 5) is 14.2. The number of benzene rings is 1. The van der Waals surface area contributed by atoms with E-state index in [4.69, 9.17) is 14.2 Å². The Balaban J connectivity index is 1.83. The number of amides is 1. The number of nitrogens with one attached hydrogen (secondary N) is 1. The zero-order chi connectivity index (χ0) is 21.4. The van der Waals surface area contributed by atoms with Crippen LogP contribution in [0.25, 0.3) is 6.08 Å². The number of ether oxygens (including phenoxy) is 3. The van der Waals surface area contributed by atoms with Gasteiger partial charge >= 0.3 is 0 Å². The molecule has 10 heteroatoms. The van der Waals surface area contributed by atoms with Crippen molar-refractivity contribution in [1.82, 2.24) is 14.5 Å². The van der Waals surface area contributed by atoms with Gasteiger partial charge in [-0.25, -0.2) is 8.42 Å². The van der Waals surface area contributed by atoms with Crippen LogP contribution in [0.15, 0.2) is 18.2 Å². The Kier molecular flexibility index (Phi) is 8.30. The molecule has 162 valence electrons. The first kappa shape index (κ1) is 23.0. The standard InChI is InChI=1S/C19H29N3O6S/c1-26-16-13-15(14-17(27-2)19(16)28-3)5-6-18(23)20-7-8-21-9-11-22(12-10-21)29(4,24)25/h5-6,13-14H,7-12H2,1-4H3,(H,20,23). The molecular weight excluding hydrogens is 398 g/mol. The fraction of sp³-hybridized carbons (Fsp3) is 0.526. The highest BCUT2D eigenvalue weighted by Crippen LogP contribution is 2.38. The molecule has 1 saturated heterocycles. The summed E-state index contributed by atoms with van der Waals surface area (Å²) < 4.78 is 40.4. The van der Waals surface area contributed by atoms with Crippen molar-refractivity contribution < 1.29 is 27.4 Å². The molecule has 0 aliphatic carbocycles. The Morgan fingerprint density at radius 2 is 1.66 bits per heavy atom. The Labute approximate surface area is 172 Å². The molecule has 2 rings (SSSR count). The SMILES string of the molecule is COc1cc(C=CC(=O)NCCN2CCN(S(C)(=O)=O)CC2)cc(OC)c1OC. The maximum atomic E-state index is 12.1. The lowest BCUT2D eigenvalue weighted by molar-refractivity contribution is -0.116. The second-order valence-electron chi connectivity index (χ2n) is 6.59. The van der Waals surface area contributed by atoms with E-state index in [2.05, 4.69) is 10.2 Å². The lowest BCUT2D eigenvalue weighted by Gasteiger charge is -2.33. The van der Waals surface area contributed by atoms with Gasteiger partial charge in [-0.1, -0.05) is 0 Å². The topological polar surface area (TPSA) is 97.4 Å². The van der Waals surface area contributed by atoms with Gasteiger partial charge in [0.2, 0.25) is 21.7 Å². The molecular formula is C19H29N3O6S. The van der Waals surface area contributed by atoms with Crippen molar-refractivity contribution in [3.8, 4) is 17.2 Å². The third kappa shape index (κ3) is 6.62. The summed E-state index contributed by atoms with van der Waals surface area (Å²) in [6.07, 6.45) is 4.34. The van der Waals surface area contributed by atoms with Gasteiger partial charge < -0.3 is 19.5 Å². The third-order valence-electron chi connectivity index (χ3n) is 4.64. The minimum Gasteiger partial charge on any atom is -0.493 e. The number of rotatable bonds is 9. The summed E-state index contributed by atoms with van der Waals surface area (Å²) in [5.41, 5.74) is 0.742. The van der Waals surface area contributed by atoms with E-state index < -0.39 is 10.0 Å². The first-order valence-corrected chi connectivity index (χ1v) is 11.1. The van der Waals surface area contributed by atoms with Gasteiger partial charge in [0.1, 0.15) is 0 Å². The van der Waals surface area contributed by atoms with Gasteiger partial charge in [0.25, 0.3) is 0 Å². The van der Waals surface area contributed by atoms with Crippen molar-refractivity contribution >= 4 is 22.0 Å². The molecule has 1 aromatic rings. The third-order valence-corrected chi connectivity index (χ3v) is 5.94. The van der Waals surface area contributed by atoms with Crippen LogP contribution < -0.4 is 19.5 Å². The molecule has 0 saturated carbocycles. The van der Waals surface area contributed by atoms with Crippen molar-refractivity contribution in [2.24, 2.45) is 0 Å². The number of sulfonamides is 1. The van der Waals surface area contributed by atoms with E-state index in [1.807, 2.05) is 0 Å². The average molecular weight is 428 g/mol.